The van der Waals surface area contributed by atoms with Gasteiger partial charge < -0.3 is 24.8 Å². The molecular formula is C16H30O5. The summed E-state index contributed by atoms with van der Waals surface area (Å²) in [6.07, 6.45) is 7.62. The molecule has 124 valence electrons. The third kappa shape index (κ3) is 7.38. The van der Waals surface area contributed by atoms with Crippen LogP contribution in [0.15, 0.2) is 12.2 Å². The van der Waals surface area contributed by atoms with Crippen LogP contribution in [0.4, 0.5) is 0 Å². The molecule has 0 aromatic heterocycles. The van der Waals surface area contributed by atoms with Gasteiger partial charge in [0.15, 0.2) is 0 Å². The Labute approximate surface area is 127 Å². The van der Waals surface area contributed by atoms with Crippen LogP contribution in [0.25, 0.3) is 0 Å². The Kier molecular flexibility index (Phi) is 9.87. The van der Waals surface area contributed by atoms with Gasteiger partial charge in [-0.05, 0) is 25.7 Å². The number of hydrogen-bond acceptors (Lipinski definition) is 5. The maximum absolute atomic E-state index is 9.83. The highest BCUT2D eigenvalue weighted by Crippen LogP contribution is 2.17. The predicted molar refractivity (Wildman–Crippen MR) is 81.1 cm³/mol. The first kappa shape index (κ1) is 18.6. The molecule has 0 bridgehead atoms. The molecule has 1 aliphatic rings. The van der Waals surface area contributed by atoms with E-state index in [1.54, 1.807) is 0 Å². The molecule has 0 aliphatic carbocycles. The second-order valence-electron chi connectivity index (χ2n) is 5.61. The van der Waals surface area contributed by atoms with Crippen molar-refractivity contribution < 1.29 is 24.8 Å². The maximum Gasteiger partial charge on any atom is 0.114 e. The summed E-state index contributed by atoms with van der Waals surface area (Å²) < 4.78 is 10.5. The third-order valence-electron chi connectivity index (χ3n) is 3.66. The number of aliphatic hydroxyl groups is 3. The Balaban J connectivity index is 1.96. The first-order valence-corrected chi connectivity index (χ1v) is 8.05. The zero-order chi connectivity index (χ0) is 15.5. The van der Waals surface area contributed by atoms with Crippen LogP contribution in [-0.2, 0) is 9.47 Å². The van der Waals surface area contributed by atoms with Crippen LogP contribution in [-0.4, -0.2) is 59.6 Å². The Morgan fingerprint density at radius 2 is 1.90 bits per heavy atom. The minimum absolute atomic E-state index is 0.0612. The van der Waals surface area contributed by atoms with Crippen LogP contribution < -0.4 is 0 Å². The van der Waals surface area contributed by atoms with E-state index >= 15 is 0 Å². The summed E-state index contributed by atoms with van der Waals surface area (Å²) in [7, 11) is 0. The van der Waals surface area contributed by atoms with E-state index in [2.05, 4.69) is 19.1 Å². The highest BCUT2D eigenvalue weighted by atomic mass is 16.5. The smallest absolute Gasteiger partial charge is 0.114 e. The predicted octanol–water partition coefficient (Wildman–Crippen LogP) is 1.40. The topological polar surface area (TPSA) is 79.2 Å². The molecule has 3 N–H and O–H groups in total. The van der Waals surface area contributed by atoms with Gasteiger partial charge in [-0.2, -0.15) is 0 Å². The summed E-state index contributed by atoms with van der Waals surface area (Å²) in [5, 5.41) is 28.7. The van der Waals surface area contributed by atoms with E-state index in [0.717, 1.165) is 19.3 Å². The van der Waals surface area contributed by atoms with Crippen LogP contribution in [0.1, 0.15) is 45.4 Å². The fraction of sp³-hybridized carbons (Fsp3) is 0.875. The van der Waals surface area contributed by atoms with Gasteiger partial charge in [-0.15, -0.1) is 0 Å². The lowest BCUT2D eigenvalue weighted by Crippen LogP contribution is -2.40. The van der Waals surface area contributed by atoms with Gasteiger partial charge in [0, 0.05) is 6.61 Å². The van der Waals surface area contributed by atoms with Crippen molar-refractivity contribution in [3.05, 3.63) is 12.2 Å². The molecular weight excluding hydrogens is 272 g/mol. The highest BCUT2D eigenvalue weighted by Gasteiger charge is 2.39. The molecule has 0 unspecified atom stereocenters. The Morgan fingerprint density at radius 1 is 1.19 bits per heavy atom. The van der Waals surface area contributed by atoms with Gasteiger partial charge in [0.2, 0.25) is 0 Å². The second kappa shape index (κ2) is 11.2. The van der Waals surface area contributed by atoms with E-state index < -0.39 is 24.4 Å². The van der Waals surface area contributed by atoms with Crippen molar-refractivity contribution in [3.63, 3.8) is 0 Å². The molecule has 0 aromatic carbocycles. The molecule has 1 saturated heterocycles. The number of ether oxygens (including phenoxy) is 2. The zero-order valence-corrected chi connectivity index (χ0v) is 13.0. The Morgan fingerprint density at radius 3 is 2.52 bits per heavy atom. The number of aliphatic hydroxyl groups excluding tert-OH is 3. The summed E-state index contributed by atoms with van der Waals surface area (Å²) >= 11 is 0. The van der Waals surface area contributed by atoms with Gasteiger partial charge in [0.05, 0.1) is 13.2 Å². The first-order valence-electron chi connectivity index (χ1n) is 8.05. The van der Waals surface area contributed by atoms with E-state index in [1.807, 2.05) is 0 Å². The molecule has 1 heterocycles. The lowest BCUT2D eigenvalue weighted by molar-refractivity contribution is -0.0811. The molecule has 1 aliphatic heterocycles. The number of unbranched alkanes of at least 4 members (excludes halogenated alkanes) is 4. The zero-order valence-electron chi connectivity index (χ0n) is 13.0. The van der Waals surface area contributed by atoms with Gasteiger partial charge in [0.1, 0.15) is 24.4 Å². The van der Waals surface area contributed by atoms with Crippen LogP contribution in [0.3, 0.4) is 0 Å². The molecule has 0 amide bonds. The van der Waals surface area contributed by atoms with E-state index in [9.17, 15) is 15.3 Å². The van der Waals surface area contributed by atoms with E-state index in [0.29, 0.717) is 6.61 Å². The summed E-state index contributed by atoms with van der Waals surface area (Å²) in [5.74, 6) is 0. The molecule has 5 nitrogen and oxygen atoms in total. The quantitative estimate of drug-likeness (QED) is 0.397. The van der Waals surface area contributed by atoms with Crippen molar-refractivity contribution in [1.29, 1.82) is 0 Å². The average Bonchev–Trinajstić information content (AvgIpc) is 2.81. The van der Waals surface area contributed by atoms with Gasteiger partial charge in [-0.1, -0.05) is 31.9 Å². The van der Waals surface area contributed by atoms with E-state index in [1.165, 1.54) is 19.3 Å². The third-order valence-corrected chi connectivity index (χ3v) is 3.66. The van der Waals surface area contributed by atoms with Gasteiger partial charge in [-0.25, -0.2) is 0 Å². The number of allylic oxidation sites excluding steroid dienone is 2. The highest BCUT2D eigenvalue weighted by molar-refractivity contribution is 4.87. The maximum atomic E-state index is 9.83. The van der Waals surface area contributed by atoms with Crippen LogP contribution >= 0.6 is 0 Å². The molecule has 5 heteroatoms. The normalized spacial score (nSPS) is 27.5. The fourth-order valence-electron chi connectivity index (χ4n) is 2.31. The first-order chi connectivity index (χ1) is 10.2. The Hall–Kier alpha value is -0.460. The van der Waals surface area contributed by atoms with Crippen molar-refractivity contribution in [2.75, 3.05) is 19.8 Å². The minimum atomic E-state index is -1.03. The number of rotatable bonds is 11. The fourth-order valence-corrected chi connectivity index (χ4v) is 2.31. The molecule has 4 atom stereocenters. The second-order valence-corrected chi connectivity index (χ2v) is 5.61. The summed E-state index contributed by atoms with van der Waals surface area (Å²) in [6.45, 7) is 2.95. The molecule has 0 radical (unpaired) electrons. The molecule has 21 heavy (non-hydrogen) atoms. The van der Waals surface area contributed by atoms with Crippen molar-refractivity contribution in [2.45, 2.75) is 69.9 Å². The monoisotopic (exact) mass is 302 g/mol. The SMILES string of the molecule is CCCCC/C=C/CCCOC[C@H](O)[C@@H]1OC[C@@H](O)[C@@H]1O. The van der Waals surface area contributed by atoms with Crippen molar-refractivity contribution in [3.8, 4) is 0 Å². The van der Waals surface area contributed by atoms with Crippen LogP contribution in [0, 0.1) is 0 Å². The van der Waals surface area contributed by atoms with E-state index in [-0.39, 0.29) is 13.2 Å². The van der Waals surface area contributed by atoms with Gasteiger partial charge in [0.25, 0.3) is 0 Å². The summed E-state index contributed by atoms with van der Waals surface area (Å²) in [5.41, 5.74) is 0. The largest absolute Gasteiger partial charge is 0.388 e. The van der Waals surface area contributed by atoms with Crippen LogP contribution in [0.2, 0.25) is 0 Å². The van der Waals surface area contributed by atoms with Gasteiger partial charge in [-0.3, -0.25) is 0 Å². The summed E-state index contributed by atoms with van der Waals surface area (Å²) in [6, 6.07) is 0. The van der Waals surface area contributed by atoms with Crippen molar-refractivity contribution in [2.24, 2.45) is 0 Å². The lowest BCUT2D eigenvalue weighted by Gasteiger charge is -2.20. The molecule has 1 rings (SSSR count). The molecule has 0 spiro atoms. The standard InChI is InChI=1S/C16H30O5/c1-2-3-4-5-6-7-8-9-10-20-11-14(18)16-15(19)13(17)12-21-16/h6-7,13-19H,2-5,8-12H2,1H3/b7-6+/t13-,14+,15+,16+/m1/s1. The van der Waals surface area contributed by atoms with E-state index in [4.69, 9.17) is 9.47 Å². The lowest BCUT2D eigenvalue weighted by atomic mass is 10.1. The number of hydrogen-bond donors (Lipinski definition) is 3. The average molecular weight is 302 g/mol. The van der Waals surface area contributed by atoms with Gasteiger partial charge >= 0.3 is 0 Å². The Bertz CT molecular complexity index is 282. The molecule has 1 fully saturated rings. The van der Waals surface area contributed by atoms with Crippen molar-refractivity contribution in [1.82, 2.24) is 0 Å². The summed E-state index contributed by atoms with van der Waals surface area (Å²) in [4.78, 5) is 0. The van der Waals surface area contributed by atoms with Crippen molar-refractivity contribution >= 4 is 0 Å². The van der Waals surface area contributed by atoms with Crippen LogP contribution in [0.5, 0.6) is 0 Å². The molecule has 0 aromatic rings. The minimum Gasteiger partial charge on any atom is -0.388 e. The molecule has 0 saturated carbocycles.